The molecule has 0 aliphatic heterocycles. The topological polar surface area (TPSA) is 55.5 Å². The first-order valence-electron chi connectivity index (χ1n) is 4.85. The molecule has 3 nitrogen and oxygen atoms in total. The van der Waals surface area contributed by atoms with E-state index in [1.165, 1.54) is 0 Å². The number of benzene rings is 1. The van der Waals surface area contributed by atoms with E-state index in [1.54, 1.807) is 24.3 Å². The molecular weight excluding hydrogens is 190 g/mol. The first kappa shape index (κ1) is 9.80. The van der Waals surface area contributed by atoms with Gasteiger partial charge in [-0.2, -0.15) is 0 Å². The van der Waals surface area contributed by atoms with E-state index in [9.17, 15) is 5.11 Å². The van der Waals surface area contributed by atoms with Crippen LogP contribution in [0.3, 0.4) is 0 Å². The third-order valence-corrected chi connectivity index (χ3v) is 2.15. The van der Waals surface area contributed by atoms with Gasteiger partial charge in [0.15, 0.2) is 0 Å². The van der Waals surface area contributed by atoms with Crippen molar-refractivity contribution in [1.29, 1.82) is 0 Å². The third-order valence-electron chi connectivity index (χ3n) is 2.15. The summed E-state index contributed by atoms with van der Waals surface area (Å²) < 4.78 is 5.54. The highest BCUT2D eigenvalue weighted by Crippen LogP contribution is 2.21. The van der Waals surface area contributed by atoms with E-state index in [2.05, 4.69) is 0 Å². The Bertz CT molecular complexity index is 410. The summed E-state index contributed by atoms with van der Waals surface area (Å²) >= 11 is 0. The van der Waals surface area contributed by atoms with Crippen molar-refractivity contribution in [2.24, 2.45) is 5.73 Å². The SMILES string of the molecule is NC1C=CC(Oc2cccc(O)c2)=CC1. The fraction of sp³-hybridized carbons (Fsp3) is 0.167. The van der Waals surface area contributed by atoms with Gasteiger partial charge in [0.25, 0.3) is 0 Å². The molecule has 1 aromatic rings. The van der Waals surface area contributed by atoms with E-state index in [-0.39, 0.29) is 11.8 Å². The van der Waals surface area contributed by atoms with Gasteiger partial charge in [-0.1, -0.05) is 12.1 Å². The maximum atomic E-state index is 9.25. The van der Waals surface area contributed by atoms with Crippen molar-refractivity contribution in [3.8, 4) is 11.5 Å². The summed E-state index contributed by atoms with van der Waals surface area (Å²) in [6.45, 7) is 0. The lowest BCUT2D eigenvalue weighted by Crippen LogP contribution is -2.18. The molecule has 1 aliphatic rings. The Morgan fingerprint density at radius 2 is 2.27 bits per heavy atom. The van der Waals surface area contributed by atoms with Gasteiger partial charge in [-0.25, -0.2) is 0 Å². The first-order valence-corrected chi connectivity index (χ1v) is 4.85. The normalized spacial score (nSPS) is 19.8. The average molecular weight is 203 g/mol. The summed E-state index contributed by atoms with van der Waals surface area (Å²) in [5, 5.41) is 9.25. The van der Waals surface area contributed by atoms with Crippen molar-refractivity contribution in [3.63, 3.8) is 0 Å². The number of phenols is 1. The number of aromatic hydroxyl groups is 1. The number of ether oxygens (including phenoxy) is 1. The summed E-state index contributed by atoms with van der Waals surface area (Å²) in [4.78, 5) is 0. The predicted molar refractivity (Wildman–Crippen MR) is 58.6 cm³/mol. The van der Waals surface area contributed by atoms with E-state index < -0.39 is 0 Å². The molecule has 1 unspecified atom stereocenters. The van der Waals surface area contributed by atoms with Crippen molar-refractivity contribution in [2.45, 2.75) is 12.5 Å². The standard InChI is InChI=1S/C12H13NO2/c13-9-4-6-11(7-5-9)15-12-3-1-2-10(14)8-12/h1-4,6-9,14H,5,13H2. The Morgan fingerprint density at radius 3 is 2.93 bits per heavy atom. The van der Waals surface area contributed by atoms with Gasteiger partial charge in [0.05, 0.1) is 0 Å². The van der Waals surface area contributed by atoms with Crippen LogP contribution in [-0.4, -0.2) is 11.1 Å². The first-order chi connectivity index (χ1) is 7.24. The number of allylic oxidation sites excluding steroid dienone is 1. The van der Waals surface area contributed by atoms with Gasteiger partial charge in [0, 0.05) is 12.1 Å². The van der Waals surface area contributed by atoms with E-state index in [0.717, 1.165) is 12.2 Å². The lowest BCUT2D eigenvalue weighted by Gasteiger charge is -2.12. The maximum Gasteiger partial charge on any atom is 0.131 e. The zero-order valence-electron chi connectivity index (χ0n) is 8.26. The van der Waals surface area contributed by atoms with Gasteiger partial charge < -0.3 is 15.6 Å². The zero-order valence-corrected chi connectivity index (χ0v) is 8.26. The molecule has 0 radical (unpaired) electrons. The fourth-order valence-electron chi connectivity index (χ4n) is 1.38. The number of hydrogen-bond acceptors (Lipinski definition) is 3. The van der Waals surface area contributed by atoms with Crippen LogP contribution in [0.1, 0.15) is 6.42 Å². The van der Waals surface area contributed by atoms with Gasteiger partial charge in [-0.15, -0.1) is 0 Å². The third kappa shape index (κ3) is 2.60. The minimum absolute atomic E-state index is 0.0847. The van der Waals surface area contributed by atoms with Gasteiger partial charge >= 0.3 is 0 Å². The maximum absolute atomic E-state index is 9.25. The van der Waals surface area contributed by atoms with Crippen molar-refractivity contribution >= 4 is 0 Å². The van der Waals surface area contributed by atoms with Crippen molar-refractivity contribution in [2.75, 3.05) is 0 Å². The summed E-state index contributed by atoms with van der Waals surface area (Å²) in [6, 6.07) is 6.80. The highest BCUT2D eigenvalue weighted by Gasteiger charge is 2.05. The van der Waals surface area contributed by atoms with Crippen LogP contribution in [0.4, 0.5) is 0 Å². The summed E-state index contributed by atoms with van der Waals surface area (Å²) in [5.41, 5.74) is 5.69. The van der Waals surface area contributed by atoms with E-state index in [0.29, 0.717) is 5.75 Å². The van der Waals surface area contributed by atoms with Crippen molar-refractivity contribution in [1.82, 2.24) is 0 Å². The monoisotopic (exact) mass is 203 g/mol. The van der Waals surface area contributed by atoms with Gasteiger partial charge in [-0.05, 0) is 30.7 Å². The quantitative estimate of drug-likeness (QED) is 0.772. The van der Waals surface area contributed by atoms with Gasteiger partial charge in [0.1, 0.15) is 17.3 Å². The molecule has 1 aliphatic carbocycles. The molecule has 15 heavy (non-hydrogen) atoms. The van der Waals surface area contributed by atoms with E-state index in [1.807, 2.05) is 18.2 Å². The highest BCUT2D eigenvalue weighted by molar-refractivity contribution is 5.34. The lowest BCUT2D eigenvalue weighted by atomic mass is 10.1. The van der Waals surface area contributed by atoms with Crippen LogP contribution in [0.25, 0.3) is 0 Å². The Morgan fingerprint density at radius 1 is 1.40 bits per heavy atom. The summed E-state index contributed by atoms with van der Waals surface area (Å²) in [6.07, 6.45) is 6.47. The lowest BCUT2D eigenvalue weighted by molar-refractivity contribution is 0.427. The summed E-state index contributed by atoms with van der Waals surface area (Å²) in [7, 11) is 0. The van der Waals surface area contributed by atoms with Crippen LogP contribution in [0.15, 0.2) is 48.3 Å². The van der Waals surface area contributed by atoms with E-state index >= 15 is 0 Å². The van der Waals surface area contributed by atoms with Gasteiger partial charge in [-0.3, -0.25) is 0 Å². The van der Waals surface area contributed by atoms with Crippen LogP contribution < -0.4 is 10.5 Å². The molecule has 0 fully saturated rings. The van der Waals surface area contributed by atoms with Crippen molar-refractivity contribution < 1.29 is 9.84 Å². The van der Waals surface area contributed by atoms with Gasteiger partial charge in [0.2, 0.25) is 0 Å². The Kier molecular flexibility index (Phi) is 2.74. The van der Waals surface area contributed by atoms with Crippen LogP contribution in [0.5, 0.6) is 11.5 Å². The predicted octanol–water partition coefficient (Wildman–Crippen LogP) is 1.94. The Balaban J connectivity index is 2.07. The van der Waals surface area contributed by atoms with Crippen molar-refractivity contribution in [3.05, 3.63) is 48.3 Å². The van der Waals surface area contributed by atoms with Crippen LogP contribution in [-0.2, 0) is 0 Å². The highest BCUT2D eigenvalue weighted by atomic mass is 16.5. The largest absolute Gasteiger partial charge is 0.508 e. The van der Waals surface area contributed by atoms with Crippen LogP contribution >= 0.6 is 0 Å². The second kappa shape index (κ2) is 4.19. The number of hydrogen-bond donors (Lipinski definition) is 2. The number of phenolic OH excluding ortho intramolecular Hbond substituents is 1. The number of rotatable bonds is 2. The molecule has 3 heteroatoms. The molecule has 0 aromatic heterocycles. The minimum atomic E-state index is 0.0847. The molecule has 0 heterocycles. The molecule has 0 spiro atoms. The molecule has 0 amide bonds. The molecule has 78 valence electrons. The van der Waals surface area contributed by atoms with E-state index in [4.69, 9.17) is 10.5 Å². The molecule has 2 rings (SSSR count). The second-order valence-electron chi connectivity index (χ2n) is 3.46. The molecule has 3 N–H and O–H groups in total. The molecule has 0 saturated carbocycles. The van der Waals surface area contributed by atoms with Crippen LogP contribution in [0, 0.1) is 0 Å². The molecule has 0 saturated heterocycles. The minimum Gasteiger partial charge on any atom is -0.508 e. The number of nitrogens with two attached hydrogens (primary N) is 1. The van der Waals surface area contributed by atoms with Crippen LogP contribution in [0.2, 0.25) is 0 Å². The molecule has 1 atom stereocenters. The molecule has 0 bridgehead atoms. The fourth-order valence-corrected chi connectivity index (χ4v) is 1.38. The Hall–Kier alpha value is -1.74. The average Bonchev–Trinajstić information content (AvgIpc) is 2.22. The molecule has 1 aromatic carbocycles. The summed E-state index contributed by atoms with van der Waals surface area (Å²) in [5.74, 6) is 1.59. The Labute approximate surface area is 88.5 Å². The smallest absolute Gasteiger partial charge is 0.131 e. The molecular formula is C12H13NO2. The second-order valence-corrected chi connectivity index (χ2v) is 3.46. The zero-order chi connectivity index (χ0) is 10.7.